The first-order chi connectivity index (χ1) is 9.47. The van der Waals surface area contributed by atoms with Gasteiger partial charge in [0, 0.05) is 6.42 Å². The molecule has 0 fully saturated rings. The van der Waals surface area contributed by atoms with Crippen molar-refractivity contribution in [2.45, 2.75) is 45.6 Å². The number of benzene rings is 1. The molecule has 0 saturated heterocycles. The SMILES string of the molecule is CC(C)CC(=O)N[C@@H]1CCCc2ccc(C(=O)O)cc21. The summed E-state index contributed by atoms with van der Waals surface area (Å²) in [5.74, 6) is -0.562. The molecule has 1 aromatic carbocycles. The molecule has 2 rings (SSSR count). The van der Waals surface area contributed by atoms with Crippen molar-refractivity contribution in [3.8, 4) is 0 Å². The van der Waals surface area contributed by atoms with Crippen LogP contribution in [-0.4, -0.2) is 17.0 Å². The Balaban J connectivity index is 2.20. The predicted octanol–water partition coefficient (Wildman–Crippen LogP) is 2.92. The molecule has 1 aliphatic rings. The minimum absolute atomic E-state index is 0.0404. The first-order valence-electron chi connectivity index (χ1n) is 7.13. The predicted molar refractivity (Wildman–Crippen MR) is 76.7 cm³/mol. The lowest BCUT2D eigenvalue weighted by atomic mass is 9.86. The third kappa shape index (κ3) is 3.38. The maximum absolute atomic E-state index is 11.9. The Hall–Kier alpha value is -1.84. The molecular formula is C16H21NO3. The topological polar surface area (TPSA) is 66.4 Å². The Morgan fingerprint density at radius 1 is 1.40 bits per heavy atom. The molecule has 4 nitrogen and oxygen atoms in total. The average molecular weight is 275 g/mol. The van der Waals surface area contributed by atoms with E-state index in [4.69, 9.17) is 5.11 Å². The van der Waals surface area contributed by atoms with Crippen LogP contribution in [0, 0.1) is 5.92 Å². The maximum atomic E-state index is 11.9. The number of rotatable bonds is 4. The lowest BCUT2D eigenvalue weighted by Crippen LogP contribution is -2.31. The van der Waals surface area contributed by atoms with Gasteiger partial charge in [-0.3, -0.25) is 4.79 Å². The molecule has 108 valence electrons. The van der Waals surface area contributed by atoms with Crippen LogP contribution in [0.2, 0.25) is 0 Å². The molecule has 1 aliphatic carbocycles. The highest BCUT2D eigenvalue weighted by atomic mass is 16.4. The van der Waals surface area contributed by atoms with Gasteiger partial charge >= 0.3 is 5.97 Å². The molecule has 0 unspecified atom stereocenters. The Labute approximate surface area is 119 Å². The normalized spacial score (nSPS) is 17.6. The van der Waals surface area contributed by atoms with E-state index in [1.54, 1.807) is 12.1 Å². The lowest BCUT2D eigenvalue weighted by molar-refractivity contribution is -0.122. The van der Waals surface area contributed by atoms with Crippen LogP contribution in [0.3, 0.4) is 0 Å². The summed E-state index contributed by atoms with van der Waals surface area (Å²) in [4.78, 5) is 23.0. The van der Waals surface area contributed by atoms with Gasteiger partial charge in [0.25, 0.3) is 0 Å². The number of hydrogen-bond donors (Lipinski definition) is 2. The number of nitrogens with one attached hydrogen (secondary N) is 1. The van der Waals surface area contributed by atoms with E-state index >= 15 is 0 Å². The summed E-state index contributed by atoms with van der Waals surface area (Å²) < 4.78 is 0. The monoisotopic (exact) mass is 275 g/mol. The molecule has 4 heteroatoms. The molecular weight excluding hydrogens is 254 g/mol. The van der Waals surface area contributed by atoms with E-state index in [0.29, 0.717) is 12.3 Å². The van der Waals surface area contributed by atoms with E-state index in [2.05, 4.69) is 5.32 Å². The van der Waals surface area contributed by atoms with Crippen LogP contribution < -0.4 is 5.32 Å². The van der Waals surface area contributed by atoms with Crippen LogP contribution in [0.25, 0.3) is 0 Å². The number of aromatic carboxylic acids is 1. The zero-order valence-corrected chi connectivity index (χ0v) is 12.0. The lowest BCUT2D eigenvalue weighted by Gasteiger charge is -2.27. The highest BCUT2D eigenvalue weighted by Gasteiger charge is 2.23. The Bertz CT molecular complexity index is 522. The van der Waals surface area contributed by atoms with Crippen LogP contribution in [0.5, 0.6) is 0 Å². The standard InChI is InChI=1S/C16H21NO3/c1-10(2)8-15(18)17-14-5-3-4-11-6-7-12(16(19)20)9-13(11)14/h6-7,9-10,14H,3-5,8H2,1-2H3,(H,17,18)(H,19,20)/t14-/m1/s1. The fraction of sp³-hybridized carbons (Fsp3) is 0.500. The molecule has 2 N–H and O–H groups in total. The fourth-order valence-corrected chi connectivity index (χ4v) is 2.71. The summed E-state index contributed by atoms with van der Waals surface area (Å²) in [6.45, 7) is 4.02. The molecule has 0 aliphatic heterocycles. The minimum atomic E-state index is -0.925. The van der Waals surface area contributed by atoms with E-state index < -0.39 is 5.97 Å². The van der Waals surface area contributed by atoms with Gasteiger partial charge in [-0.05, 0) is 48.4 Å². The van der Waals surface area contributed by atoms with Crippen molar-refractivity contribution >= 4 is 11.9 Å². The van der Waals surface area contributed by atoms with Gasteiger partial charge in [0.15, 0.2) is 0 Å². The molecule has 20 heavy (non-hydrogen) atoms. The number of amides is 1. The fourth-order valence-electron chi connectivity index (χ4n) is 2.71. The van der Waals surface area contributed by atoms with Gasteiger partial charge in [-0.2, -0.15) is 0 Å². The van der Waals surface area contributed by atoms with Gasteiger partial charge < -0.3 is 10.4 Å². The quantitative estimate of drug-likeness (QED) is 0.887. The van der Waals surface area contributed by atoms with Crippen LogP contribution in [-0.2, 0) is 11.2 Å². The molecule has 1 aromatic rings. The van der Waals surface area contributed by atoms with E-state index in [0.717, 1.165) is 30.4 Å². The van der Waals surface area contributed by atoms with Crippen molar-refractivity contribution in [2.24, 2.45) is 5.92 Å². The average Bonchev–Trinajstić information content (AvgIpc) is 2.37. The third-order valence-electron chi connectivity index (χ3n) is 3.64. The molecule has 1 amide bonds. The Morgan fingerprint density at radius 3 is 2.80 bits per heavy atom. The van der Waals surface area contributed by atoms with Crippen LogP contribution >= 0.6 is 0 Å². The molecule has 0 saturated carbocycles. The number of carboxylic acid groups (broad SMARTS) is 1. The number of fused-ring (bicyclic) bond motifs is 1. The van der Waals surface area contributed by atoms with Crippen molar-refractivity contribution in [3.05, 3.63) is 34.9 Å². The molecule has 0 radical (unpaired) electrons. The van der Waals surface area contributed by atoms with Gasteiger partial charge in [0.2, 0.25) is 5.91 Å². The minimum Gasteiger partial charge on any atom is -0.478 e. The third-order valence-corrected chi connectivity index (χ3v) is 3.64. The van der Waals surface area contributed by atoms with Crippen molar-refractivity contribution in [1.29, 1.82) is 0 Å². The summed E-state index contributed by atoms with van der Waals surface area (Å²) in [6, 6.07) is 5.17. The van der Waals surface area contributed by atoms with Crippen LogP contribution in [0.4, 0.5) is 0 Å². The van der Waals surface area contributed by atoms with E-state index in [1.165, 1.54) is 0 Å². The summed E-state index contributed by atoms with van der Waals surface area (Å²) in [5.41, 5.74) is 2.40. The van der Waals surface area contributed by atoms with Crippen molar-refractivity contribution in [1.82, 2.24) is 5.32 Å². The number of carbonyl (C=O) groups excluding carboxylic acids is 1. The maximum Gasteiger partial charge on any atom is 0.335 e. The van der Waals surface area contributed by atoms with Crippen LogP contribution in [0.1, 0.15) is 60.6 Å². The van der Waals surface area contributed by atoms with Crippen molar-refractivity contribution in [2.75, 3.05) is 0 Å². The second-order valence-corrected chi connectivity index (χ2v) is 5.83. The van der Waals surface area contributed by atoms with E-state index in [9.17, 15) is 9.59 Å². The van der Waals surface area contributed by atoms with E-state index in [-0.39, 0.29) is 17.5 Å². The smallest absolute Gasteiger partial charge is 0.335 e. The molecule has 0 spiro atoms. The zero-order chi connectivity index (χ0) is 14.7. The molecule has 1 atom stereocenters. The van der Waals surface area contributed by atoms with Gasteiger partial charge in [-0.25, -0.2) is 4.79 Å². The first-order valence-corrected chi connectivity index (χ1v) is 7.13. The highest BCUT2D eigenvalue weighted by Crippen LogP contribution is 2.30. The largest absolute Gasteiger partial charge is 0.478 e. The van der Waals surface area contributed by atoms with E-state index in [1.807, 2.05) is 19.9 Å². The number of aryl methyl sites for hydroxylation is 1. The Kier molecular flexibility index (Phi) is 4.42. The van der Waals surface area contributed by atoms with Crippen molar-refractivity contribution in [3.63, 3.8) is 0 Å². The number of carbonyl (C=O) groups is 2. The zero-order valence-electron chi connectivity index (χ0n) is 12.0. The summed E-state index contributed by atoms with van der Waals surface area (Å²) >= 11 is 0. The molecule has 0 aromatic heterocycles. The summed E-state index contributed by atoms with van der Waals surface area (Å²) in [7, 11) is 0. The molecule has 0 bridgehead atoms. The Morgan fingerprint density at radius 2 is 2.15 bits per heavy atom. The summed E-state index contributed by atoms with van der Waals surface area (Å²) in [5, 5.41) is 12.1. The molecule has 0 heterocycles. The van der Waals surface area contributed by atoms with Crippen molar-refractivity contribution < 1.29 is 14.7 Å². The van der Waals surface area contributed by atoms with Gasteiger partial charge in [-0.1, -0.05) is 19.9 Å². The highest BCUT2D eigenvalue weighted by molar-refractivity contribution is 5.88. The van der Waals surface area contributed by atoms with Crippen LogP contribution in [0.15, 0.2) is 18.2 Å². The first kappa shape index (κ1) is 14.6. The summed E-state index contributed by atoms with van der Waals surface area (Å²) in [6.07, 6.45) is 3.35. The second kappa shape index (κ2) is 6.07. The number of hydrogen-bond acceptors (Lipinski definition) is 2. The van der Waals surface area contributed by atoms with Gasteiger partial charge in [0.1, 0.15) is 0 Å². The second-order valence-electron chi connectivity index (χ2n) is 5.83. The number of carboxylic acids is 1. The van der Waals surface area contributed by atoms with Gasteiger partial charge in [-0.15, -0.1) is 0 Å². The van der Waals surface area contributed by atoms with Gasteiger partial charge in [0.05, 0.1) is 11.6 Å².